The monoisotopic (exact) mass is 676 g/mol. The number of carbonyl (C=O) groups excluding carboxylic acids is 3. The third-order valence-corrected chi connectivity index (χ3v) is 9.08. The van der Waals surface area contributed by atoms with Crippen molar-refractivity contribution in [1.82, 2.24) is 14.4 Å². The third kappa shape index (κ3) is 6.53. The van der Waals surface area contributed by atoms with Crippen molar-refractivity contribution in [1.29, 1.82) is 0 Å². The highest BCUT2D eigenvalue weighted by Gasteiger charge is 2.54. The molecule has 0 saturated carbocycles. The maximum absolute atomic E-state index is 14.9. The lowest BCUT2D eigenvalue weighted by Crippen LogP contribution is -2.52. The van der Waals surface area contributed by atoms with Gasteiger partial charge in [0.25, 0.3) is 11.8 Å². The first-order valence-corrected chi connectivity index (χ1v) is 16.1. The first-order chi connectivity index (χ1) is 23.2. The highest BCUT2D eigenvalue weighted by molar-refractivity contribution is 6.04. The van der Waals surface area contributed by atoms with Crippen molar-refractivity contribution in [3.63, 3.8) is 0 Å². The fraction of sp³-hybridized carbons (Fsp3) is 0.417. The lowest BCUT2D eigenvalue weighted by atomic mass is 9.84. The van der Waals surface area contributed by atoms with Crippen LogP contribution in [0.25, 0.3) is 0 Å². The number of rotatable bonds is 6. The minimum Gasteiger partial charge on any atom is -0.483 e. The van der Waals surface area contributed by atoms with Gasteiger partial charge in [-0.2, -0.15) is 0 Å². The molecule has 1 spiro atoms. The topological polar surface area (TPSA) is 120 Å². The van der Waals surface area contributed by atoms with Crippen LogP contribution in [0.1, 0.15) is 91.9 Å². The van der Waals surface area contributed by atoms with Crippen LogP contribution in [-0.4, -0.2) is 61.8 Å². The number of carbonyl (C=O) groups is 3. The molecule has 3 aromatic rings. The first kappa shape index (κ1) is 33.8. The lowest BCUT2D eigenvalue weighted by Gasteiger charge is -2.42. The van der Waals surface area contributed by atoms with Crippen LogP contribution in [0, 0.1) is 11.6 Å². The number of hydrogen-bond acceptors (Lipinski definition) is 8. The van der Waals surface area contributed by atoms with E-state index in [4.69, 9.17) is 14.3 Å². The van der Waals surface area contributed by atoms with E-state index in [0.29, 0.717) is 35.8 Å². The van der Waals surface area contributed by atoms with Crippen molar-refractivity contribution in [3.05, 3.63) is 99.0 Å². The number of benzene rings is 2. The van der Waals surface area contributed by atoms with E-state index in [2.05, 4.69) is 5.16 Å². The van der Waals surface area contributed by atoms with Crippen LogP contribution in [0.5, 0.6) is 5.75 Å². The van der Waals surface area contributed by atoms with Gasteiger partial charge in [0.05, 0.1) is 18.3 Å². The Balaban J connectivity index is 1.53. The SMILES string of the molecule is CC1=NO[C@@]2(CC[C@H](C)N3C[C@H]2n2cc(C(=O)N(Cc4ccc(F)cc4F)C(=O)OC(C)(C)C)c(=O)c(OCc4ccccc4)c2C3=O)C1. The molecule has 3 amide bonds. The molecule has 6 rings (SSSR count). The van der Waals surface area contributed by atoms with E-state index in [1.807, 2.05) is 19.9 Å². The molecule has 0 aliphatic carbocycles. The van der Waals surface area contributed by atoms with Gasteiger partial charge in [0.2, 0.25) is 5.43 Å². The Labute approximate surface area is 282 Å². The molecule has 2 bridgehead atoms. The number of hydrogen-bond donors (Lipinski definition) is 0. The van der Waals surface area contributed by atoms with E-state index in [9.17, 15) is 28.0 Å². The van der Waals surface area contributed by atoms with Crippen LogP contribution in [0.3, 0.4) is 0 Å². The van der Waals surface area contributed by atoms with Gasteiger partial charge in [-0.25, -0.2) is 18.5 Å². The maximum atomic E-state index is 14.9. The van der Waals surface area contributed by atoms with Crippen molar-refractivity contribution < 1.29 is 37.5 Å². The van der Waals surface area contributed by atoms with Gasteiger partial charge in [0.1, 0.15) is 29.4 Å². The molecule has 2 aromatic carbocycles. The molecule has 258 valence electrons. The zero-order valence-corrected chi connectivity index (χ0v) is 28.0. The molecule has 1 saturated heterocycles. The minimum atomic E-state index is -1.15. The van der Waals surface area contributed by atoms with Crippen LogP contribution in [0.15, 0.2) is 64.7 Å². The number of fused-ring (bicyclic) bond motifs is 5. The summed E-state index contributed by atoms with van der Waals surface area (Å²) >= 11 is 0. The van der Waals surface area contributed by atoms with Crippen molar-refractivity contribution in [2.75, 3.05) is 6.54 Å². The Bertz CT molecular complexity index is 1910. The van der Waals surface area contributed by atoms with Crippen LogP contribution >= 0.6 is 0 Å². The van der Waals surface area contributed by atoms with Crippen molar-refractivity contribution in [2.24, 2.45) is 5.16 Å². The van der Waals surface area contributed by atoms with E-state index < -0.39 is 64.3 Å². The average molecular weight is 677 g/mol. The number of nitrogens with zero attached hydrogens (tertiary/aromatic N) is 4. The highest BCUT2D eigenvalue weighted by atomic mass is 19.1. The molecule has 0 radical (unpaired) electrons. The van der Waals surface area contributed by atoms with Crippen LogP contribution in [0.4, 0.5) is 13.6 Å². The number of aromatic nitrogens is 1. The highest BCUT2D eigenvalue weighted by Crippen LogP contribution is 2.46. The standard InChI is InChI=1S/C36H38F2N4O7/c1-21-16-36(49-39-21)14-13-22(2)40-19-28(36)41-18-26(30(43)31(29(41)33(40)45)47-20-23-9-7-6-8-10-23)32(44)42(34(46)48-35(3,4)5)17-24-11-12-25(37)15-27(24)38/h6-12,15,18,22,28H,13-14,16-17,19-20H2,1-5H3/t22-,28+,36-/m0/s1. The zero-order chi connectivity index (χ0) is 35.2. The third-order valence-electron chi connectivity index (χ3n) is 9.08. The average Bonchev–Trinajstić information content (AvgIpc) is 3.37. The van der Waals surface area contributed by atoms with E-state index >= 15 is 0 Å². The zero-order valence-electron chi connectivity index (χ0n) is 28.0. The number of amides is 3. The van der Waals surface area contributed by atoms with E-state index in [-0.39, 0.29) is 36.2 Å². The minimum absolute atomic E-state index is 0.0524. The number of ether oxygens (including phenoxy) is 2. The second kappa shape index (κ2) is 12.8. The van der Waals surface area contributed by atoms with E-state index in [1.54, 1.807) is 54.5 Å². The number of oxime groups is 1. The van der Waals surface area contributed by atoms with Gasteiger partial charge in [-0.05, 0) is 59.1 Å². The summed E-state index contributed by atoms with van der Waals surface area (Å²) < 4.78 is 41.8. The summed E-state index contributed by atoms with van der Waals surface area (Å²) in [5, 5.41) is 4.25. The Kier molecular flexibility index (Phi) is 8.80. The summed E-state index contributed by atoms with van der Waals surface area (Å²) in [6, 6.07) is 10.9. The molecular weight excluding hydrogens is 638 g/mol. The molecule has 49 heavy (non-hydrogen) atoms. The smallest absolute Gasteiger partial charge is 0.417 e. The molecule has 13 heteroatoms. The summed E-state index contributed by atoms with van der Waals surface area (Å²) in [5.41, 5.74) is -2.18. The van der Waals surface area contributed by atoms with Gasteiger partial charge in [-0.1, -0.05) is 41.6 Å². The van der Waals surface area contributed by atoms with Gasteiger partial charge >= 0.3 is 6.09 Å². The Morgan fingerprint density at radius 3 is 2.51 bits per heavy atom. The molecular formula is C36H38F2N4O7. The van der Waals surface area contributed by atoms with Gasteiger partial charge in [0, 0.05) is 36.8 Å². The Morgan fingerprint density at radius 2 is 1.86 bits per heavy atom. The quantitative estimate of drug-likeness (QED) is 0.314. The molecule has 3 atom stereocenters. The van der Waals surface area contributed by atoms with Crippen LogP contribution < -0.4 is 10.2 Å². The van der Waals surface area contributed by atoms with Crippen LogP contribution in [-0.2, 0) is 22.7 Å². The van der Waals surface area contributed by atoms with E-state index in [1.165, 1.54) is 6.20 Å². The fourth-order valence-corrected chi connectivity index (χ4v) is 6.63. The van der Waals surface area contributed by atoms with Crippen molar-refractivity contribution in [3.8, 4) is 5.75 Å². The first-order valence-electron chi connectivity index (χ1n) is 16.1. The summed E-state index contributed by atoms with van der Waals surface area (Å²) in [5.74, 6) is -3.78. The predicted octanol–water partition coefficient (Wildman–Crippen LogP) is 6.00. The number of imide groups is 1. The summed E-state index contributed by atoms with van der Waals surface area (Å²) in [6.45, 7) is 7.98. The molecule has 0 unspecified atom stereocenters. The lowest BCUT2D eigenvalue weighted by molar-refractivity contribution is -0.0656. The second-order valence-corrected chi connectivity index (χ2v) is 13.9. The molecule has 0 N–H and O–H groups in total. The number of pyridine rings is 1. The predicted molar refractivity (Wildman–Crippen MR) is 174 cm³/mol. The second-order valence-electron chi connectivity index (χ2n) is 13.9. The van der Waals surface area contributed by atoms with Crippen LogP contribution in [0.2, 0.25) is 0 Å². The maximum Gasteiger partial charge on any atom is 0.417 e. The molecule has 4 heterocycles. The van der Waals surface area contributed by atoms with Gasteiger partial charge < -0.3 is 23.8 Å². The van der Waals surface area contributed by atoms with E-state index in [0.717, 1.165) is 17.8 Å². The van der Waals surface area contributed by atoms with Gasteiger partial charge in [-0.3, -0.25) is 14.4 Å². The molecule has 3 aliphatic rings. The van der Waals surface area contributed by atoms with Gasteiger partial charge in [-0.15, -0.1) is 0 Å². The Hall–Kier alpha value is -5.07. The summed E-state index contributed by atoms with van der Waals surface area (Å²) in [6.07, 6.45) is 1.69. The fourth-order valence-electron chi connectivity index (χ4n) is 6.63. The Morgan fingerprint density at radius 1 is 1.12 bits per heavy atom. The molecule has 11 nitrogen and oxygen atoms in total. The van der Waals surface area contributed by atoms with Gasteiger partial charge in [0.15, 0.2) is 17.0 Å². The molecule has 1 aromatic heterocycles. The summed E-state index contributed by atoms with van der Waals surface area (Å²) in [7, 11) is 0. The van der Waals surface area contributed by atoms with Crippen molar-refractivity contribution >= 4 is 23.6 Å². The normalized spacial score (nSPS) is 21.4. The molecule has 3 aliphatic heterocycles. The molecule has 1 fully saturated rings. The summed E-state index contributed by atoms with van der Waals surface area (Å²) in [4.78, 5) is 65.0. The van der Waals surface area contributed by atoms with Crippen molar-refractivity contribution in [2.45, 2.75) is 90.3 Å². The number of halogens is 2. The largest absolute Gasteiger partial charge is 0.483 e.